The van der Waals surface area contributed by atoms with E-state index in [9.17, 15) is 4.79 Å². The van der Waals surface area contributed by atoms with Crippen molar-refractivity contribution >= 4 is 46.3 Å². The van der Waals surface area contributed by atoms with Crippen molar-refractivity contribution in [2.75, 3.05) is 16.8 Å². The molecule has 0 saturated carbocycles. The highest BCUT2D eigenvalue weighted by Crippen LogP contribution is 2.41. The molecule has 0 radical (unpaired) electrons. The number of hydrogen-bond donors (Lipinski definition) is 0. The molecule has 0 N–H and O–H groups in total. The van der Waals surface area contributed by atoms with Crippen LogP contribution < -0.4 is 9.80 Å². The first-order chi connectivity index (χ1) is 16.4. The van der Waals surface area contributed by atoms with E-state index in [4.69, 9.17) is 23.2 Å². The van der Waals surface area contributed by atoms with Crippen LogP contribution in [0, 0.1) is 0 Å². The van der Waals surface area contributed by atoms with Crippen molar-refractivity contribution in [3.8, 4) is 0 Å². The maximum atomic E-state index is 12.8. The van der Waals surface area contributed by atoms with Gasteiger partial charge in [-0.1, -0.05) is 47.5 Å². The second-order valence-electron chi connectivity index (χ2n) is 8.58. The zero-order chi connectivity index (χ0) is 23.8. The fourth-order valence-corrected chi connectivity index (χ4v) is 4.91. The molecule has 1 aliphatic heterocycles. The number of halogens is 2. The number of rotatable bonds is 5. The number of hydrogen-bond acceptors (Lipinski definition) is 3. The number of imidazole rings is 1. The minimum absolute atomic E-state index is 0.0435. The number of aryl methyl sites for hydroxylation is 1. The highest BCUT2D eigenvalue weighted by atomic mass is 35.5. The summed E-state index contributed by atoms with van der Waals surface area (Å²) in [6, 6.07) is 21.9. The zero-order valence-corrected chi connectivity index (χ0v) is 20.5. The summed E-state index contributed by atoms with van der Waals surface area (Å²) in [6.07, 6.45) is 4.06. The molecule has 1 amide bonds. The fourth-order valence-electron chi connectivity index (χ4n) is 4.58. The van der Waals surface area contributed by atoms with Crippen LogP contribution in [0.5, 0.6) is 0 Å². The second-order valence-corrected chi connectivity index (χ2v) is 9.46. The molecule has 1 unspecified atom stereocenters. The van der Waals surface area contributed by atoms with E-state index in [0.717, 1.165) is 33.9 Å². The Labute approximate surface area is 209 Å². The summed E-state index contributed by atoms with van der Waals surface area (Å²) < 4.78 is 1.99. The van der Waals surface area contributed by atoms with E-state index in [-0.39, 0.29) is 11.8 Å². The number of benzene rings is 3. The molecule has 5 nitrogen and oxygen atoms in total. The predicted octanol–water partition coefficient (Wildman–Crippen LogP) is 6.56. The first kappa shape index (κ1) is 22.5. The largest absolute Gasteiger partial charge is 0.322 e. The van der Waals surface area contributed by atoms with Crippen molar-refractivity contribution in [3.05, 3.63) is 106 Å². The third-order valence-electron chi connectivity index (χ3n) is 6.38. The number of carbonyl (C=O) groups is 1. The Balaban J connectivity index is 1.57. The Hall–Kier alpha value is -3.28. The summed E-state index contributed by atoms with van der Waals surface area (Å²) in [7, 11) is 3.82. The van der Waals surface area contributed by atoms with Crippen LogP contribution in [0.4, 0.5) is 17.2 Å². The average molecular weight is 491 g/mol. The number of aromatic nitrogens is 2. The molecule has 0 saturated heterocycles. The number of amides is 1. The summed E-state index contributed by atoms with van der Waals surface area (Å²) in [5.41, 5.74) is 5.26. The second kappa shape index (κ2) is 9.16. The molecule has 1 aliphatic rings. The van der Waals surface area contributed by atoms with Crippen LogP contribution >= 0.6 is 23.2 Å². The fraction of sp³-hybridized carbons (Fsp3) is 0.185. The molecule has 1 aromatic heterocycles. The van der Waals surface area contributed by atoms with Gasteiger partial charge in [0.15, 0.2) is 0 Å². The van der Waals surface area contributed by atoms with Crippen LogP contribution in [0.2, 0.25) is 10.0 Å². The van der Waals surface area contributed by atoms with Crippen LogP contribution in [0.15, 0.2) is 79.3 Å². The minimum Gasteiger partial charge on any atom is -0.322 e. The Bertz CT molecular complexity index is 1350. The summed E-state index contributed by atoms with van der Waals surface area (Å²) in [5.74, 6) is 1.03. The normalized spacial score (nSPS) is 15.4. The Morgan fingerprint density at radius 2 is 1.79 bits per heavy atom. The monoisotopic (exact) mass is 490 g/mol. The molecule has 0 fully saturated rings. The van der Waals surface area contributed by atoms with E-state index in [1.54, 1.807) is 11.2 Å². The van der Waals surface area contributed by atoms with Gasteiger partial charge in [0.2, 0.25) is 5.91 Å². The van der Waals surface area contributed by atoms with Gasteiger partial charge in [0.25, 0.3) is 0 Å². The summed E-state index contributed by atoms with van der Waals surface area (Å²) in [6.45, 7) is 0.633. The van der Waals surface area contributed by atoms with Gasteiger partial charge in [0, 0.05) is 54.4 Å². The lowest BCUT2D eigenvalue weighted by Crippen LogP contribution is -2.33. The number of fused-ring (bicyclic) bond motifs is 1. The van der Waals surface area contributed by atoms with Crippen LogP contribution in [0.25, 0.3) is 0 Å². The van der Waals surface area contributed by atoms with Crippen molar-refractivity contribution in [2.45, 2.75) is 18.9 Å². The SMILES string of the molecule is CN1C(=O)CC(c2cccc(Cl)c2)c2cc(CN(c3ccc(Cl)cc3)c3cncn3C)ccc21. The highest BCUT2D eigenvalue weighted by Gasteiger charge is 2.31. The smallest absolute Gasteiger partial charge is 0.227 e. The van der Waals surface area contributed by atoms with Crippen molar-refractivity contribution in [1.29, 1.82) is 0 Å². The first-order valence-electron chi connectivity index (χ1n) is 11.0. The lowest BCUT2D eigenvalue weighted by molar-refractivity contribution is -0.118. The maximum Gasteiger partial charge on any atom is 0.227 e. The molecule has 5 rings (SSSR count). The van der Waals surface area contributed by atoms with Gasteiger partial charge in [0.05, 0.1) is 12.5 Å². The van der Waals surface area contributed by atoms with Crippen molar-refractivity contribution in [3.63, 3.8) is 0 Å². The van der Waals surface area contributed by atoms with Gasteiger partial charge in [-0.3, -0.25) is 4.79 Å². The molecule has 0 aliphatic carbocycles. The van der Waals surface area contributed by atoms with E-state index < -0.39 is 0 Å². The molecule has 172 valence electrons. The van der Waals surface area contributed by atoms with Gasteiger partial charge >= 0.3 is 0 Å². The molecular formula is C27H24Cl2N4O. The van der Waals surface area contributed by atoms with Gasteiger partial charge in [0.1, 0.15) is 5.82 Å². The van der Waals surface area contributed by atoms with Crippen LogP contribution in [0.3, 0.4) is 0 Å². The average Bonchev–Trinajstić information content (AvgIpc) is 3.26. The predicted molar refractivity (Wildman–Crippen MR) is 138 cm³/mol. The lowest BCUT2D eigenvalue weighted by Gasteiger charge is -2.33. The Kier molecular flexibility index (Phi) is 6.07. The van der Waals surface area contributed by atoms with Crippen LogP contribution in [-0.2, 0) is 18.4 Å². The highest BCUT2D eigenvalue weighted by molar-refractivity contribution is 6.30. The number of anilines is 3. The molecule has 0 bridgehead atoms. The van der Waals surface area contributed by atoms with E-state index >= 15 is 0 Å². The molecule has 34 heavy (non-hydrogen) atoms. The Morgan fingerprint density at radius 1 is 1.00 bits per heavy atom. The molecule has 1 atom stereocenters. The molecular weight excluding hydrogens is 467 g/mol. The summed E-state index contributed by atoms with van der Waals surface area (Å²) >= 11 is 12.4. The molecule has 2 heterocycles. The molecule has 3 aromatic carbocycles. The van der Waals surface area contributed by atoms with E-state index in [2.05, 4.69) is 22.0 Å². The first-order valence-corrected chi connectivity index (χ1v) is 11.8. The Morgan fingerprint density at radius 3 is 2.50 bits per heavy atom. The molecule has 4 aromatic rings. The topological polar surface area (TPSA) is 41.4 Å². The maximum absolute atomic E-state index is 12.8. The number of carbonyl (C=O) groups excluding carboxylic acids is 1. The van der Waals surface area contributed by atoms with Crippen molar-refractivity contribution < 1.29 is 4.79 Å². The van der Waals surface area contributed by atoms with Gasteiger partial charge in [-0.15, -0.1) is 0 Å². The van der Waals surface area contributed by atoms with E-state index in [0.29, 0.717) is 23.0 Å². The van der Waals surface area contributed by atoms with E-state index in [1.165, 1.54) is 0 Å². The number of nitrogens with zero attached hydrogens (tertiary/aromatic N) is 4. The quantitative estimate of drug-likeness (QED) is 0.317. The van der Waals surface area contributed by atoms with Crippen LogP contribution in [-0.4, -0.2) is 22.5 Å². The zero-order valence-electron chi connectivity index (χ0n) is 19.0. The van der Waals surface area contributed by atoms with Gasteiger partial charge < -0.3 is 14.4 Å². The summed E-state index contributed by atoms with van der Waals surface area (Å²) in [5, 5.41) is 1.37. The minimum atomic E-state index is -0.0435. The lowest BCUT2D eigenvalue weighted by atomic mass is 9.83. The van der Waals surface area contributed by atoms with Gasteiger partial charge in [-0.2, -0.15) is 0 Å². The molecule has 7 heteroatoms. The van der Waals surface area contributed by atoms with Gasteiger partial charge in [-0.25, -0.2) is 4.98 Å². The van der Waals surface area contributed by atoms with E-state index in [1.807, 2.05) is 79.5 Å². The van der Waals surface area contributed by atoms with Crippen LogP contribution in [0.1, 0.15) is 29.0 Å². The van der Waals surface area contributed by atoms with Crippen molar-refractivity contribution in [2.24, 2.45) is 7.05 Å². The molecule has 0 spiro atoms. The van der Waals surface area contributed by atoms with Gasteiger partial charge in [-0.05, 0) is 59.2 Å². The standard InChI is InChI=1S/C27H24Cl2N4O/c1-31-17-30-15-26(31)33(22-9-7-20(28)8-10-22)16-18-6-11-25-24(12-18)23(14-27(34)32(25)2)19-4-3-5-21(29)13-19/h3-13,15,17,23H,14,16H2,1-2H3. The summed E-state index contributed by atoms with van der Waals surface area (Å²) in [4.78, 5) is 21.0. The third kappa shape index (κ3) is 4.29. The third-order valence-corrected chi connectivity index (χ3v) is 6.87. The van der Waals surface area contributed by atoms with Crippen molar-refractivity contribution in [1.82, 2.24) is 9.55 Å².